The second-order valence-corrected chi connectivity index (χ2v) is 10.3. The lowest BCUT2D eigenvalue weighted by Gasteiger charge is -2.16. The largest absolute Gasteiger partial charge is 0.490 e. The van der Waals surface area contributed by atoms with Crippen molar-refractivity contribution in [2.24, 2.45) is 0 Å². The molecule has 34 heavy (non-hydrogen) atoms. The average molecular weight is 477 g/mol. The summed E-state index contributed by atoms with van der Waals surface area (Å²) in [5, 5.41) is 0.928. The van der Waals surface area contributed by atoms with Crippen molar-refractivity contribution in [3.8, 4) is 28.1 Å². The number of aromatic nitrogens is 3. The molecule has 0 aliphatic heterocycles. The van der Waals surface area contributed by atoms with Gasteiger partial charge >= 0.3 is 0 Å². The maximum Gasteiger partial charge on any atom is 0.235 e. The zero-order valence-corrected chi connectivity index (χ0v) is 20.3. The van der Waals surface area contributed by atoms with E-state index in [1.165, 1.54) is 16.9 Å². The molecule has 0 saturated heterocycles. The highest BCUT2D eigenvalue weighted by molar-refractivity contribution is 7.91. The normalized spacial score (nSPS) is 11.9. The number of likely N-dealkylation sites (N-methyl/N-ethyl adjacent to an activating group) is 1. The van der Waals surface area contributed by atoms with E-state index in [0.29, 0.717) is 11.7 Å². The number of benzene rings is 1. The lowest BCUT2D eigenvalue weighted by molar-refractivity contribution is 0.288. The molecule has 0 amide bonds. The van der Waals surface area contributed by atoms with Gasteiger partial charge in [0.2, 0.25) is 10.0 Å². The van der Waals surface area contributed by atoms with Crippen LogP contribution >= 0.6 is 0 Å². The van der Waals surface area contributed by atoms with Crippen LogP contribution in [0.4, 0.5) is 0 Å². The van der Waals surface area contributed by atoms with Gasteiger partial charge in [0, 0.05) is 42.5 Å². The molecular weight excluding hydrogens is 448 g/mol. The highest BCUT2D eigenvalue weighted by atomic mass is 32.2. The molecule has 0 aliphatic rings. The van der Waals surface area contributed by atoms with Crippen molar-refractivity contribution in [2.75, 3.05) is 20.2 Å². The van der Waals surface area contributed by atoms with Gasteiger partial charge in [0.15, 0.2) is 0 Å². The van der Waals surface area contributed by atoms with Crippen molar-refractivity contribution < 1.29 is 13.2 Å². The molecule has 4 aromatic rings. The minimum Gasteiger partial charge on any atom is -0.490 e. The first-order valence-corrected chi connectivity index (χ1v) is 12.5. The third-order valence-electron chi connectivity index (χ3n) is 5.76. The van der Waals surface area contributed by atoms with Gasteiger partial charge < -0.3 is 9.72 Å². The Kier molecular flexibility index (Phi) is 6.81. The number of hydrogen-bond acceptors (Lipinski definition) is 5. The second-order valence-electron chi connectivity index (χ2n) is 8.31. The number of hydrogen-bond donors (Lipinski definition) is 1. The van der Waals surface area contributed by atoms with E-state index in [9.17, 15) is 8.42 Å². The van der Waals surface area contributed by atoms with E-state index < -0.39 is 10.0 Å². The molecule has 1 N–H and O–H groups in total. The lowest BCUT2D eigenvalue weighted by Crippen LogP contribution is -2.29. The van der Waals surface area contributed by atoms with Gasteiger partial charge in [0.25, 0.3) is 0 Å². The number of fused-ring (bicyclic) bond motifs is 1. The van der Waals surface area contributed by atoms with Crippen LogP contribution in [-0.4, -0.2) is 47.9 Å². The molecule has 8 heteroatoms. The highest BCUT2D eigenvalue weighted by Gasteiger charge is 2.20. The molecule has 1 aromatic carbocycles. The van der Waals surface area contributed by atoms with Crippen LogP contribution in [0.1, 0.15) is 25.3 Å². The Hall–Kier alpha value is -3.49. The fraction of sp³-hybridized carbons (Fsp3) is 0.231. The summed E-state index contributed by atoms with van der Waals surface area (Å²) in [5.41, 5.74) is 6.78. The van der Waals surface area contributed by atoms with Crippen molar-refractivity contribution >= 4 is 21.1 Å². The molecule has 3 heterocycles. The van der Waals surface area contributed by atoms with Crippen LogP contribution in [0.2, 0.25) is 0 Å². The van der Waals surface area contributed by atoms with Crippen LogP contribution < -0.4 is 4.74 Å². The standard InChI is InChI=1S/C26H28N4O3S/c1-5-34(31,32)30(4)14-15-33-23-17-27-13-11-21(23)25-24(26-22(29-25)10-7-12-28-26)20-9-6-8-19(16-20)18(2)3/h5-13,16-18,29H,1,14-15H2,2-4H3. The van der Waals surface area contributed by atoms with Crippen LogP contribution in [0.5, 0.6) is 5.75 Å². The zero-order valence-electron chi connectivity index (χ0n) is 19.5. The van der Waals surface area contributed by atoms with Crippen molar-refractivity contribution in [2.45, 2.75) is 19.8 Å². The minimum atomic E-state index is -3.50. The van der Waals surface area contributed by atoms with Gasteiger partial charge in [0.1, 0.15) is 12.4 Å². The fourth-order valence-electron chi connectivity index (χ4n) is 3.80. The number of ether oxygens (including phenoxy) is 1. The van der Waals surface area contributed by atoms with E-state index in [1.807, 2.05) is 18.2 Å². The Morgan fingerprint density at radius 3 is 2.76 bits per heavy atom. The number of sulfonamides is 1. The number of pyridine rings is 2. The summed E-state index contributed by atoms with van der Waals surface area (Å²) in [5.74, 6) is 0.949. The monoisotopic (exact) mass is 476 g/mol. The van der Waals surface area contributed by atoms with Crippen LogP contribution in [-0.2, 0) is 10.0 Å². The first kappa shape index (κ1) is 23.7. The summed E-state index contributed by atoms with van der Waals surface area (Å²) in [6.45, 7) is 8.05. The fourth-order valence-corrected chi connectivity index (χ4v) is 4.38. The van der Waals surface area contributed by atoms with Gasteiger partial charge in [0.05, 0.1) is 22.9 Å². The van der Waals surface area contributed by atoms with E-state index in [-0.39, 0.29) is 13.2 Å². The molecule has 0 atom stereocenters. The quantitative estimate of drug-likeness (QED) is 0.359. The van der Waals surface area contributed by atoms with Crippen molar-refractivity contribution in [1.29, 1.82) is 0 Å². The summed E-state index contributed by atoms with van der Waals surface area (Å²) in [4.78, 5) is 12.4. The molecule has 4 rings (SSSR count). The first-order valence-electron chi connectivity index (χ1n) is 11.0. The smallest absolute Gasteiger partial charge is 0.235 e. The first-order chi connectivity index (χ1) is 16.3. The van der Waals surface area contributed by atoms with Crippen molar-refractivity contribution in [3.63, 3.8) is 0 Å². The molecule has 0 aliphatic carbocycles. The molecular formula is C26H28N4O3S. The Morgan fingerprint density at radius 2 is 2.00 bits per heavy atom. The average Bonchev–Trinajstić information content (AvgIpc) is 3.23. The molecule has 176 valence electrons. The second kappa shape index (κ2) is 9.79. The third-order valence-corrected chi connectivity index (χ3v) is 7.23. The minimum absolute atomic E-state index is 0.166. The van der Waals surface area contributed by atoms with Gasteiger partial charge in [-0.25, -0.2) is 8.42 Å². The van der Waals surface area contributed by atoms with Gasteiger partial charge in [-0.1, -0.05) is 44.7 Å². The molecule has 0 saturated carbocycles. The Labute approximate surface area is 200 Å². The predicted octanol–water partition coefficient (Wildman–Crippen LogP) is 5.20. The van der Waals surface area contributed by atoms with Gasteiger partial charge in [-0.05, 0) is 35.2 Å². The number of nitrogens with one attached hydrogen (secondary N) is 1. The van der Waals surface area contributed by atoms with Crippen LogP contribution in [0.15, 0.2) is 73.0 Å². The lowest BCUT2D eigenvalue weighted by atomic mass is 9.95. The van der Waals surface area contributed by atoms with Crippen LogP contribution in [0.25, 0.3) is 33.4 Å². The van der Waals surface area contributed by atoms with Gasteiger partial charge in [-0.3, -0.25) is 9.97 Å². The number of aromatic amines is 1. The Balaban J connectivity index is 1.76. The van der Waals surface area contributed by atoms with Gasteiger partial charge in [-0.2, -0.15) is 4.31 Å². The summed E-state index contributed by atoms with van der Waals surface area (Å²) < 4.78 is 31.1. The molecule has 7 nitrogen and oxygen atoms in total. The van der Waals surface area contributed by atoms with Crippen molar-refractivity contribution in [1.82, 2.24) is 19.3 Å². The number of nitrogens with zero attached hydrogens (tertiary/aromatic N) is 3. The van der Waals surface area contributed by atoms with Crippen LogP contribution in [0, 0.1) is 0 Å². The molecule has 3 aromatic heterocycles. The van der Waals surface area contributed by atoms with E-state index in [4.69, 9.17) is 4.74 Å². The van der Waals surface area contributed by atoms with Gasteiger partial charge in [-0.15, -0.1) is 0 Å². The van der Waals surface area contributed by atoms with Crippen molar-refractivity contribution in [3.05, 3.63) is 78.6 Å². The summed E-state index contributed by atoms with van der Waals surface area (Å²) in [7, 11) is -2.01. The summed E-state index contributed by atoms with van der Waals surface area (Å²) in [6.07, 6.45) is 5.14. The molecule has 0 radical (unpaired) electrons. The van der Waals surface area contributed by atoms with E-state index >= 15 is 0 Å². The zero-order chi connectivity index (χ0) is 24.3. The molecule has 0 fully saturated rings. The van der Waals surface area contributed by atoms with E-state index in [2.05, 4.69) is 59.6 Å². The highest BCUT2D eigenvalue weighted by Crippen LogP contribution is 2.41. The number of H-pyrrole nitrogens is 1. The maximum absolute atomic E-state index is 11.9. The number of rotatable bonds is 9. The predicted molar refractivity (Wildman–Crippen MR) is 136 cm³/mol. The third kappa shape index (κ3) is 4.73. The topological polar surface area (TPSA) is 88.2 Å². The molecule has 0 spiro atoms. The van der Waals surface area contributed by atoms with E-state index in [1.54, 1.807) is 18.6 Å². The van der Waals surface area contributed by atoms with E-state index in [0.717, 1.165) is 38.8 Å². The Bertz CT molecular complexity index is 1430. The van der Waals surface area contributed by atoms with Crippen LogP contribution in [0.3, 0.4) is 0 Å². The Morgan fingerprint density at radius 1 is 1.18 bits per heavy atom. The summed E-state index contributed by atoms with van der Waals surface area (Å²) in [6, 6.07) is 14.3. The maximum atomic E-state index is 11.9. The molecule has 0 unspecified atom stereocenters. The molecule has 0 bridgehead atoms. The summed E-state index contributed by atoms with van der Waals surface area (Å²) >= 11 is 0. The SMILES string of the molecule is C=CS(=O)(=O)N(C)CCOc1cnccc1-c1[nH]c2cccnc2c1-c1cccc(C(C)C)c1.